The molecule has 2 N–H and O–H groups in total. The van der Waals surface area contributed by atoms with Gasteiger partial charge in [-0.05, 0) is 6.42 Å². The number of carboxylic acids is 1. The number of nitrogens with zero attached hydrogens (tertiary/aromatic N) is 2. The maximum absolute atomic E-state index is 10.3. The zero-order valence-electron chi connectivity index (χ0n) is 7.06. The Labute approximate surface area is 80.3 Å². The molecule has 6 heteroatoms. The van der Waals surface area contributed by atoms with Crippen LogP contribution in [0.5, 0.6) is 0 Å². The third-order valence-electron chi connectivity index (χ3n) is 1.57. The van der Waals surface area contributed by atoms with Crippen LogP contribution in [0.15, 0.2) is 10.1 Å². The van der Waals surface area contributed by atoms with Crippen LogP contribution < -0.4 is 5.43 Å². The number of carboxylic acid groups (broad SMARTS) is 1. The van der Waals surface area contributed by atoms with Gasteiger partial charge in [-0.1, -0.05) is 11.8 Å². The van der Waals surface area contributed by atoms with Gasteiger partial charge in [0.05, 0.1) is 6.54 Å². The summed E-state index contributed by atoms with van der Waals surface area (Å²) < 4.78 is 0. The number of hydrogen-bond acceptors (Lipinski definition) is 5. The fourth-order valence-electron chi connectivity index (χ4n) is 0.981. The Bertz CT molecular complexity index is 242. The van der Waals surface area contributed by atoms with Gasteiger partial charge in [-0.3, -0.25) is 15.2 Å². The molecule has 0 aromatic carbocycles. The molecule has 1 atom stereocenters. The molecule has 0 amide bonds. The van der Waals surface area contributed by atoms with Crippen molar-refractivity contribution in [1.82, 2.24) is 5.43 Å². The van der Waals surface area contributed by atoms with Gasteiger partial charge in [0.15, 0.2) is 5.17 Å². The third kappa shape index (κ3) is 3.45. The molecular formula is C7H11N3O2S. The summed E-state index contributed by atoms with van der Waals surface area (Å²) >= 11 is 1.52. The molecule has 0 aromatic heterocycles. The van der Waals surface area contributed by atoms with E-state index in [4.69, 9.17) is 5.11 Å². The lowest BCUT2D eigenvalue weighted by Crippen LogP contribution is -2.12. The number of carbonyl (C=O) groups is 1. The summed E-state index contributed by atoms with van der Waals surface area (Å²) in [4.78, 5) is 14.4. The lowest BCUT2D eigenvalue weighted by Gasteiger charge is -2.04. The van der Waals surface area contributed by atoms with Crippen molar-refractivity contribution in [2.24, 2.45) is 10.1 Å². The number of hydrogen-bond donors (Lipinski definition) is 2. The zero-order chi connectivity index (χ0) is 9.68. The molecule has 1 aliphatic rings. The summed E-state index contributed by atoms with van der Waals surface area (Å²) in [6.07, 6.45) is 0.841. The highest BCUT2D eigenvalue weighted by molar-refractivity contribution is 8.14. The highest BCUT2D eigenvalue weighted by Gasteiger charge is 2.19. The topological polar surface area (TPSA) is 74.0 Å². The minimum Gasteiger partial charge on any atom is -0.481 e. The smallest absolute Gasteiger partial charge is 0.303 e. The van der Waals surface area contributed by atoms with Gasteiger partial charge in [0.25, 0.3) is 0 Å². The Morgan fingerprint density at radius 3 is 3.31 bits per heavy atom. The summed E-state index contributed by atoms with van der Waals surface area (Å²) in [5, 5.41) is 12.9. The second-order valence-electron chi connectivity index (χ2n) is 2.59. The molecule has 72 valence electrons. The van der Waals surface area contributed by atoms with Crippen molar-refractivity contribution in [1.29, 1.82) is 0 Å². The SMILES string of the molecule is C=NNC1=NCC(CCC(=O)O)S1. The monoisotopic (exact) mass is 201 g/mol. The van der Waals surface area contributed by atoms with Crippen LogP contribution in [0.4, 0.5) is 0 Å². The van der Waals surface area contributed by atoms with Crippen molar-refractivity contribution in [3.8, 4) is 0 Å². The molecule has 1 heterocycles. The molecule has 1 aliphatic heterocycles. The minimum atomic E-state index is -0.760. The molecular weight excluding hydrogens is 190 g/mol. The first kappa shape index (κ1) is 10.0. The first-order valence-corrected chi connectivity index (χ1v) is 4.75. The first-order valence-electron chi connectivity index (χ1n) is 3.87. The zero-order valence-corrected chi connectivity index (χ0v) is 7.88. The average Bonchev–Trinajstić information content (AvgIpc) is 2.50. The van der Waals surface area contributed by atoms with E-state index >= 15 is 0 Å². The predicted molar refractivity (Wildman–Crippen MR) is 53.2 cm³/mol. The van der Waals surface area contributed by atoms with Gasteiger partial charge in [0.1, 0.15) is 0 Å². The van der Waals surface area contributed by atoms with E-state index < -0.39 is 5.97 Å². The van der Waals surface area contributed by atoms with Crippen LogP contribution >= 0.6 is 11.8 Å². The number of hydrazone groups is 1. The van der Waals surface area contributed by atoms with Gasteiger partial charge in [-0.2, -0.15) is 5.10 Å². The molecule has 0 fully saturated rings. The molecule has 5 nitrogen and oxygen atoms in total. The van der Waals surface area contributed by atoms with Crippen LogP contribution in [-0.4, -0.2) is 34.8 Å². The van der Waals surface area contributed by atoms with E-state index in [1.165, 1.54) is 11.8 Å². The Morgan fingerprint density at radius 1 is 1.92 bits per heavy atom. The number of nitrogens with one attached hydrogen (secondary N) is 1. The number of aliphatic imine (C=N–C) groups is 1. The molecule has 0 bridgehead atoms. The fraction of sp³-hybridized carbons (Fsp3) is 0.571. The van der Waals surface area contributed by atoms with E-state index in [0.717, 1.165) is 5.17 Å². The molecule has 0 saturated heterocycles. The van der Waals surface area contributed by atoms with Gasteiger partial charge < -0.3 is 5.11 Å². The Hall–Kier alpha value is -1.04. The summed E-state index contributed by atoms with van der Waals surface area (Å²) in [5.41, 5.74) is 2.64. The number of rotatable bonds is 4. The lowest BCUT2D eigenvalue weighted by atomic mass is 10.2. The normalized spacial score (nSPS) is 20.9. The highest BCUT2D eigenvalue weighted by atomic mass is 32.2. The van der Waals surface area contributed by atoms with Gasteiger partial charge >= 0.3 is 5.97 Å². The third-order valence-corrected chi connectivity index (χ3v) is 2.73. The van der Waals surface area contributed by atoms with Crippen molar-refractivity contribution >= 4 is 29.6 Å². The first-order chi connectivity index (χ1) is 6.22. The van der Waals surface area contributed by atoms with Crippen LogP contribution in [-0.2, 0) is 4.79 Å². The standard InChI is InChI=1S/C7H11N3O2S/c1-8-10-7-9-4-5(13-7)2-3-6(11)12/h5H,1-4H2,(H,9,10)(H,11,12). The lowest BCUT2D eigenvalue weighted by molar-refractivity contribution is -0.137. The fourth-order valence-corrected chi connectivity index (χ4v) is 1.95. The molecule has 0 radical (unpaired) electrons. The van der Waals surface area contributed by atoms with E-state index in [1.54, 1.807) is 0 Å². The number of amidine groups is 1. The average molecular weight is 201 g/mol. The van der Waals surface area contributed by atoms with E-state index in [1.807, 2.05) is 0 Å². The summed E-state index contributed by atoms with van der Waals surface area (Å²) in [7, 11) is 0. The maximum atomic E-state index is 10.3. The molecule has 1 rings (SSSR count). The van der Waals surface area contributed by atoms with Crippen LogP contribution in [0.3, 0.4) is 0 Å². The highest BCUT2D eigenvalue weighted by Crippen LogP contribution is 2.23. The molecule has 0 aromatic rings. The van der Waals surface area contributed by atoms with Crippen molar-refractivity contribution in [2.45, 2.75) is 18.1 Å². The Kier molecular flexibility index (Phi) is 3.75. The number of thioether (sulfide) groups is 1. The molecule has 0 aliphatic carbocycles. The molecule has 0 saturated carbocycles. The van der Waals surface area contributed by atoms with Gasteiger partial charge in [-0.15, -0.1) is 0 Å². The second kappa shape index (κ2) is 4.86. The van der Waals surface area contributed by atoms with Crippen molar-refractivity contribution < 1.29 is 9.90 Å². The van der Waals surface area contributed by atoms with Gasteiger partial charge in [0, 0.05) is 18.4 Å². The van der Waals surface area contributed by atoms with E-state index in [2.05, 4.69) is 22.2 Å². The Morgan fingerprint density at radius 2 is 2.69 bits per heavy atom. The summed E-state index contributed by atoms with van der Waals surface area (Å²) in [5.74, 6) is -0.760. The van der Waals surface area contributed by atoms with Crippen molar-refractivity contribution in [3.05, 3.63) is 0 Å². The van der Waals surface area contributed by atoms with Gasteiger partial charge in [0.2, 0.25) is 0 Å². The van der Waals surface area contributed by atoms with Crippen LogP contribution in [0.25, 0.3) is 0 Å². The quantitative estimate of drug-likeness (QED) is 0.514. The van der Waals surface area contributed by atoms with E-state index in [0.29, 0.717) is 13.0 Å². The van der Waals surface area contributed by atoms with Crippen molar-refractivity contribution in [3.63, 3.8) is 0 Å². The van der Waals surface area contributed by atoms with Crippen LogP contribution in [0, 0.1) is 0 Å². The number of aliphatic carboxylic acids is 1. The van der Waals surface area contributed by atoms with Crippen LogP contribution in [0.1, 0.15) is 12.8 Å². The van der Waals surface area contributed by atoms with E-state index in [9.17, 15) is 4.79 Å². The van der Waals surface area contributed by atoms with E-state index in [-0.39, 0.29) is 11.7 Å². The van der Waals surface area contributed by atoms with Crippen LogP contribution in [0.2, 0.25) is 0 Å². The summed E-state index contributed by atoms with van der Waals surface area (Å²) in [6, 6.07) is 0. The van der Waals surface area contributed by atoms with Crippen molar-refractivity contribution in [2.75, 3.05) is 6.54 Å². The largest absolute Gasteiger partial charge is 0.481 e. The summed E-state index contributed by atoms with van der Waals surface area (Å²) in [6.45, 7) is 3.94. The maximum Gasteiger partial charge on any atom is 0.303 e. The molecule has 13 heavy (non-hydrogen) atoms. The second-order valence-corrected chi connectivity index (χ2v) is 3.88. The Balaban J connectivity index is 2.21. The van der Waals surface area contributed by atoms with Gasteiger partial charge in [-0.25, -0.2) is 0 Å². The minimum absolute atomic E-state index is 0.196. The molecule has 0 spiro atoms. The predicted octanol–water partition coefficient (Wildman–Crippen LogP) is 0.528. The molecule has 1 unspecified atom stereocenters.